The largest absolute Gasteiger partial charge is 0.416 e. The summed E-state index contributed by atoms with van der Waals surface area (Å²) in [7, 11) is 0. The number of halogens is 3. The van der Waals surface area contributed by atoms with Crippen LogP contribution in [0.4, 0.5) is 23.7 Å². The third kappa shape index (κ3) is 4.20. The Labute approximate surface area is 129 Å². The number of carbonyl (C=O) groups is 1. The average Bonchev–Trinajstić information content (AvgIpc) is 2.74. The molecular weight excluding hydrogens is 315 g/mol. The third-order valence-corrected chi connectivity index (χ3v) is 3.93. The Hall–Kier alpha value is -2.09. The van der Waals surface area contributed by atoms with Gasteiger partial charge in [-0.1, -0.05) is 6.07 Å². The number of carbonyl (C=O) groups excluding carboxylic acids is 1. The van der Waals surface area contributed by atoms with Crippen LogP contribution < -0.4 is 10.6 Å². The van der Waals surface area contributed by atoms with E-state index >= 15 is 0 Å². The van der Waals surface area contributed by atoms with E-state index in [1.807, 2.05) is 13.8 Å². The number of benzene rings is 1. The van der Waals surface area contributed by atoms with E-state index in [1.54, 1.807) is 0 Å². The fourth-order valence-electron chi connectivity index (χ4n) is 1.85. The van der Waals surface area contributed by atoms with Gasteiger partial charge in [-0.25, -0.2) is 9.78 Å². The maximum atomic E-state index is 12.6. The molecular formula is C14H14F3N3OS. The van der Waals surface area contributed by atoms with Crippen LogP contribution in [0.1, 0.15) is 21.1 Å². The molecule has 0 saturated heterocycles. The van der Waals surface area contributed by atoms with E-state index < -0.39 is 17.8 Å². The lowest BCUT2D eigenvalue weighted by Gasteiger charge is -2.10. The summed E-state index contributed by atoms with van der Waals surface area (Å²) in [5, 5.41) is 5.88. The first-order chi connectivity index (χ1) is 10.3. The molecule has 8 heteroatoms. The maximum absolute atomic E-state index is 12.6. The van der Waals surface area contributed by atoms with Gasteiger partial charge >= 0.3 is 12.2 Å². The highest BCUT2D eigenvalue weighted by Crippen LogP contribution is 2.30. The van der Waals surface area contributed by atoms with Crippen LogP contribution in [0.3, 0.4) is 0 Å². The lowest BCUT2D eigenvalue weighted by atomic mass is 10.2. The van der Waals surface area contributed by atoms with Crippen molar-refractivity contribution >= 4 is 23.1 Å². The fraction of sp³-hybridized carbons (Fsp3) is 0.286. The number of rotatable bonds is 3. The fourth-order valence-corrected chi connectivity index (χ4v) is 2.72. The molecule has 4 nitrogen and oxygen atoms in total. The lowest BCUT2D eigenvalue weighted by molar-refractivity contribution is -0.137. The second-order valence-corrected chi connectivity index (χ2v) is 5.92. The summed E-state index contributed by atoms with van der Waals surface area (Å²) in [5.74, 6) is 0. The molecule has 0 unspecified atom stereocenters. The number of urea groups is 1. The van der Waals surface area contributed by atoms with Crippen molar-refractivity contribution in [1.29, 1.82) is 0 Å². The smallest absolute Gasteiger partial charge is 0.333 e. The molecule has 1 aromatic heterocycles. The second-order valence-electron chi connectivity index (χ2n) is 4.63. The zero-order chi connectivity index (χ0) is 16.3. The first-order valence-electron chi connectivity index (χ1n) is 6.41. The maximum Gasteiger partial charge on any atom is 0.416 e. The zero-order valence-corrected chi connectivity index (χ0v) is 12.7. The number of aromatic nitrogens is 1. The molecule has 2 aromatic rings. The Morgan fingerprint density at radius 3 is 2.64 bits per heavy atom. The molecule has 1 aromatic carbocycles. The quantitative estimate of drug-likeness (QED) is 0.891. The Kier molecular flexibility index (Phi) is 4.70. The third-order valence-electron chi connectivity index (χ3n) is 2.86. The summed E-state index contributed by atoms with van der Waals surface area (Å²) < 4.78 is 37.8. The molecule has 0 radical (unpaired) electrons. The number of nitrogens with one attached hydrogen (secondary N) is 2. The van der Waals surface area contributed by atoms with Crippen LogP contribution in [0.25, 0.3) is 0 Å². The summed E-state index contributed by atoms with van der Waals surface area (Å²) in [6.07, 6.45) is -4.44. The normalized spacial score (nSPS) is 11.3. The summed E-state index contributed by atoms with van der Waals surface area (Å²) in [4.78, 5) is 16.9. The molecule has 0 bridgehead atoms. The molecule has 2 N–H and O–H groups in total. The lowest BCUT2D eigenvalue weighted by Crippen LogP contribution is -2.28. The minimum atomic E-state index is -4.44. The molecule has 0 atom stereocenters. The molecule has 0 saturated carbocycles. The van der Waals surface area contributed by atoms with Crippen LogP contribution in [0.2, 0.25) is 0 Å². The highest BCUT2D eigenvalue weighted by atomic mass is 32.1. The molecule has 0 aliphatic carbocycles. The Balaban J connectivity index is 1.96. The average molecular weight is 329 g/mol. The first-order valence-corrected chi connectivity index (χ1v) is 7.22. The summed E-state index contributed by atoms with van der Waals surface area (Å²) in [6, 6.07) is 3.92. The van der Waals surface area contributed by atoms with Gasteiger partial charge in [0.2, 0.25) is 0 Å². The summed E-state index contributed by atoms with van der Waals surface area (Å²) >= 11 is 1.47. The van der Waals surface area contributed by atoms with Crippen molar-refractivity contribution in [2.75, 3.05) is 5.32 Å². The molecule has 0 aliphatic heterocycles. The predicted molar refractivity (Wildman–Crippen MR) is 78.9 cm³/mol. The van der Waals surface area contributed by atoms with E-state index in [-0.39, 0.29) is 12.2 Å². The monoisotopic (exact) mass is 329 g/mol. The van der Waals surface area contributed by atoms with E-state index in [4.69, 9.17) is 0 Å². The number of aryl methyl sites for hydroxylation is 2. The van der Waals surface area contributed by atoms with Crippen LogP contribution in [0.15, 0.2) is 24.3 Å². The van der Waals surface area contributed by atoms with E-state index in [0.717, 1.165) is 27.7 Å². The van der Waals surface area contributed by atoms with E-state index in [9.17, 15) is 18.0 Å². The topological polar surface area (TPSA) is 54.0 Å². The second kappa shape index (κ2) is 6.35. The molecule has 1 heterocycles. The molecule has 22 heavy (non-hydrogen) atoms. The first kappa shape index (κ1) is 16.3. The van der Waals surface area contributed by atoms with Crippen LogP contribution in [-0.2, 0) is 12.7 Å². The summed E-state index contributed by atoms with van der Waals surface area (Å²) in [6.45, 7) is 3.98. The molecule has 0 aliphatic rings. The molecule has 2 rings (SSSR count). The minimum Gasteiger partial charge on any atom is -0.333 e. The van der Waals surface area contributed by atoms with Crippen LogP contribution in [-0.4, -0.2) is 11.0 Å². The van der Waals surface area contributed by atoms with Crippen LogP contribution in [0, 0.1) is 13.8 Å². The van der Waals surface area contributed by atoms with Crippen LogP contribution >= 0.6 is 11.3 Å². The number of hydrogen-bond donors (Lipinski definition) is 2. The Morgan fingerprint density at radius 1 is 1.32 bits per heavy atom. The SMILES string of the molecule is Cc1nc(C)c(CNC(=O)Nc2cccc(C(F)(F)F)c2)s1. The van der Waals surface area contributed by atoms with E-state index in [2.05, 4.69) is 15.6 Å². The number of amides is 2. The van der Waals surface area contributed by atoms with E-state index in [0.29, 0.717) is 0 Å². The highest BCUT2D eigenvalue weighted by molar-refractivity contribution is 7.11. The number of anilines is 1. The minimum absolute atomic E-state index is 0.0875. The van der Waals surface area contributed by atoms with Gasteiger partial charge < -0.3 is 10.6 Å². The predicted octanol–water partition coefficient (Wildman–Crippen LogP) is 4.10. The van der Waals surface area contributed by atoms with Gasteiger partial charge in [-0.2, -0.15) is 13.2 Å². The number of alkyl halides is 3. The molecule has 0 fully saturated rings. The van der Waals surface area contributed by atoms with Gasteiger partial charge in [-0.15, -0.1) is 11.3 Å². The van der Waals surface area contributed by atoms with Crippen molar-refractivity contribution in [3.8, 4) is 0 Å². The van der Waals surface area contributed by atoms with Gasteiger partial charge in [0, 0.05) is 10.6 Å². The van der Waals surface area contributed by atoms with Gasteiger partial charge in [-0.3, -0.25) is 0 Å². The van der Waals surface area contributed by atoms with Gasteiger partial charge in [0.15, 0.2) is 0 Å². The number of nitrogens with zero attached hydrogens (tertiary/aromatic N) is 1. The van der Waals surface area contributed by atoms with Gasteiger partial charge in [0.05, 0.1) is 22.8 Å². The van der Waals surface area contributed by atoms with Crippen molar-refractivity contribution in [1.82, 2.24) is 10.3 Å². The number of hydrogen-bond acceptors (Lipinski definition) is 3. The Morgan fingerprint density at radius 2 is 2.05 bits per heavy atom. The summed E-state index contributed by atoms with van der Waals surface area (Å²) in [5.41, 5.74) is 0.116. The van der Waals surface area contributed by atoms with Gasteiger partial charge in [-0.05, 0) is 32.0 Å². The van der Waals surface area contributed by atoms with Gasteiger partial charge in [0.1, 0.15) is 0 Å². The van der Waals surface area contributed by atoms with Crippen molar-refractivity contribution in [3.63, 3.8) is 0 Å². The number of thiazole rings is 1. The van der Waals surface area contributed by atoms with Crippen molar-refractivity contribution < 1.29 is 18.0 Å². The Bertz CT molecular complexity index is 682. The zero-order valence-electron chi connectivity index (χ0n) is 11.9. The van der Waals surface area contributed by atoms with Crippen molar-refractivity contribution in [2.45, 2.75) is 26.6 Å². The molecule has 2 amide bonds. The van der Waals surface area contributed by atoms with Crippen molar-refractivity contribution in [3.05, 3.63) is 45.4 Å². The molecule has 118 valence electrons. The van der Waals surface area contributed by atoms with Gasteiger partial charge in [0.25, 0.3) is 0 Å². The standard InChI is InChI=1S/C14H14F3N3OS/c1-8-12(22-9(2)19-8)7-18-13(21)20-11-5-3-4-10(6-11)14(15,16)17/h3-6H,7H2,1-2H3,(H2,18,20,21). The van der Waals surface area contributed by atoms with E-state index in [1.165, 1.54) is 23.5 Å². The highest BCUT2D eigenvalue weighted by Gasteiger charge is 2.30. The molecule has 0 spiro atoms. The van der Waals surface area contributed by atoms with Crippen molar-refractivity contribution in [2.24, 2.45) is 0 Å². The van der Waals surface area contributed by atoms with Crippen LogP contribution in [0.5, 0.6) is 0 Å².